The van der Waals surface area contributed by atoms with Crippen LogP contribution in [0, 0.1) is 0 Å². The van der Waals surface area contributed by atoms with E-state index in [9.17, 15) is 9.59 Å². The predicted molar refractivity (Wildman–Crippen MR) is 46.6 cm³/mol. The number of amides is 1. The Morgan fingerprint density at radius 3 is 2.69 bits per heavy atom. The third-order valence-corrected chi connectivity index (χ3v) is 2.00. The molecular formula is C7H7NO4S. The third-order valence-electron chi connectivity index (χ3n) is 1.20. The lowest BCUT2D eigenvalue weighted by atomic mass is 10.5. The smallest absolute Gasteiger partial charge is 0.396 e. The van der Waals surface area contributed by atoms with Gasteiger partial charge in [-0.05, 0) is 12.1 Å². The molecule has 0 aliphatic rings. The lowest BCUT2D eigenvalue weighted by Crippen LogP contribution is -2.23. The highest BCUT2D eigenvalue weighted by Gasteiger charge is 2.14. The molecule has 1 rings (SSSR count). The number of ether oxygens (including phenoxy) is 1. The highest BCUT2D eigenvalue weighted by Crippen LogP contribution is 2.26. The molecule has 5 nitrogen and oxygen atoms in total. The molecule has 0 atom stereocenters. The molecule has 1 aromatic rings. The quantitative estimate of drug-likeness (QED) is 0.514. The molecule has 13 heavy (non-hydrogen) atoms. The standard InChI is InChI=1S/C7H7NO4S/c1-12-7(11)6(10)8-4-2-3-5(9)13-4/h2-3,9H,1H3,(H,8,10). The summed E-state index contributed by atoms with van der Waals surface area (Å²) in [5, 5.41) is 11.6. The van der Waals surface area contributed by atoms with Crippen LogP contribution in [-0.4, -0.2) is 24.1 Å². The van der Waals surface area contributed by atoms with Crippen LogP contribution in [0.15, 0.2) is 12.1 Å². The summed E-state index contributed by atoms with van der Waals surface area (Å²) in [7, 11) is 1.12. The zero-order valence-corrected chi connectivity index (χ0v) is 7.55. The summed E-state index contributed by atoms with van der Waals surface area (Å²) in [5.41, 5.74) is 0. The topological polar surface area (TPSA) is 75.6 Å². The number of nitrogens with one attached hydrogen (secondary N) is 1. The van der Waals surface area contributed by atoms with Crippen molar-refractivity contribution in [2.24, 2.45) is 0 Å². The van der Waals surface area contributed by atoms with Gasteiger partial charge in [0, 0.05) is 0 Å². The molecule has 1 amide bonds. The van der Waals surface area contributed by atoms with E-state index in [2.05, 4.69) is 10.1 Å². The Kier molecular flexibility index (Phi) is 2.86. The van der Waals surface area contributed by atoms with Crippen molar-refractivity contribution in [3.63, 3.8) is 0 Å². The van der Waals surface area contributed by atoms with Crippen molar-refractivity contribution in [2.75, 3.05) is 12.4 Å². The van der Waals surface area contributed by atoms with Gasteiger partial charge in [0.05, 0.1) is 12.1 Å². The molecule has 0 aliphatic carbocycles. The van der Waals surface area contributed by atoms with E-state index in [0.29, 0.717) is 5.00 Å². The Hall–Kier alpha value is -1.56. The fourth-order valence-electron chi connectivity index (χ4n) is 0.650. The Labute approximate surface area is 77.9 Å². The van der Waals surface area contributed by atoms with Gasteiger partial charge in [0.1, 0.15) is 0 Å². The number of hydrogen-bond donors (Lipinski definition) is 2. The van der Waals surface area contributed by atoms with Crippen LogP contribution in [-0.2, 0) is 14.3 Å². The van der Waals surface area contributed by atoms with Gasteiger partial charge in [-0.1, -0.05) is 11.3 Å². The largest absolute Gasteiger partial charge is 0.499 e. The van der Waals surface area contributed by atoms with Gasteiger partial charge in [0.2, 0.25) is 0 Å². The van der Waals surface area contributed by atoms with Crippen molar-refractivity contribution in [1.29, 1.82) is 0 Å². The molecule has 0 radical (unpaired) electrons. The normalized spacial score (nSPS) is 9.31. The van der Waals surface area contributed by atoms with E-state index < -0.39 is 11.9 Å². The fourth-order valence-corrected chi connectivity index (χ4v) is 1.29. The van der Waals surface area contributed by atoms with E-state index in [-0.39, 0.29) is 5.06 Å². The van der Waals surface area contributed by atoms with Crippen molar-refractivity contribution in [2.45, 2.75) is 0 Å². The Bertz CT molecular complexity index is 333. The van der Waals surface area contributed by atoms with Crippen molar-refractivity contribution in [3.8, 4) is 5.06 Å². The number of thiophene rings is 1. The van der Waals surface area contributed by atoms with Crippen LogP contribution in [0.2, 0.25) is 0 Å². The zero-order valence-electron chi connectivity index (χ0n) is 6.73. The van der Waals surface area contributed by atoms with E-state index in [1.165, 1.54) is 12.1 Å². The summed E-state index contributed by atoms with van der Waals surface area (Å²) in [6, 6.07) is 2.90. The van der Waals surface area contributed by atoms with E-state index in [4.69, 9.17) is 5.11 Å². The Morgan fingerprint density at radius 1 is 1.54 bits per heavy atom. The average Bonchev–Trinajstić information content (AvgIpc) is 2.49. The summed E-state index contributed by atoms with van der Waals surface area (Å²) in [4.78, 5) is 21.5. The summed E-state index contributed by atoms with van der Waals surface area (Å²) in [5.74, 6) is -1.82. The SMILES string of the molecule is COC(=O)C(=O)Nc1ccc(O)s1. The van der Waals surface area contributed by atoms with E-state index in [1.54, 1.807) is 0 Å². The van der Waals surface area contributed by atoms with Crippen LogP contribution < -0.4 is 5.32 Å². The number of carbonyl (C=O) groups is 2. The molecular weight excluding hydrogens is 194 g/mol. The van der Waals surface area contributed by atoms with Crippen molar-refractivity contribution in [3.05, 3.63) is 12.1 Å². The van der Waals surface area contributed by atoms with Gasteiger partial charge in [-0.2, -0.15) is 0 Å². The average molecular weight is 201 g/mol. The Balaban J connectivity index is 2.60. The first-order chi connectivity index (χ1) is 6.13. The maximum atomic E-state index is 10.9. The number of hydrogen-bond acceptors (Lipinski definition) is 5. The maximum absolute atomic E-state index is 10.9. The zero-order chi connectivity index (χ0) is 9.84. The van der Waals surface area contributed by atoms with Gasteiger partial charge < -0.3 is 15.2 Å². The monoisotopic (exact) mass is 201 g/mol. The van der Waals surface area contributed by atoms with Gasteiger partial charge >= 0.3 is 11.9 Å². The molecule has 1 heterocycles. The molecule has 0 saturated carbocycles. The highest BCUT2D eigenvalue weighted by molar-refractivity contribution is 7.17. The number of carbonyl (C=O) groups excluding carboxylic acids is 2. The van der Waals surface area contributed by atoms with E-state index in [0.717, 1.165) is 18.4 Å². The predicted octanol–water partition coefficient (Wildman–Crippen LogP) is 0.565. The molecule has 2 N–H and O–H groups in total. The first-order valence-corrected chi connectivity index (χ1v) is 4.13. The first-order valence-electron chi connectivity index (χ1n) is 3.31. The highest BCUT2D eigenvalue weighted by atomic mass is 32.1. The van der Waals surface area contributed by atoms with Gasteiger partial charge in [-0.3, -0.25) is 4.79 Å². The summed E-state index contributed by atoms with van der Waals surface area (Å²) >= 11 is 0.960. The van der Waals surface area contributed by atoms with Crippen LogP contribution in [0.4, 0.5) is 5.00 Å². The molecule has 1 aromatic heterocycles. The van der Waals surface area contributed by atoms with Crippen molar-refractivity contribution < 1.29 is 19.4 Å². The molecule has 0 aromatic carbocycles. The molecule has 0 fully saturated rings. The van der Waals surface area contributed by atoms with Gasteiger partial charge in [0.15, 0.2) is 5.06 Å². The van der Waals surface area contributed by atoms with E-state index >= 15 is 0 Å². The summed E-state index contributed by atoms with van der Waals surface area (Å²) in [6.07, 6.45) is 0. The van der Waals surface area contributed by atoms with Gasteiger partial charge in [-0.15, -0.1) is 0 Å². The number of aromatic hydroxyl groups is 1. The van der Waals surface area contributed by atoms with Gasteiger partial charge in [0.25, 0.3) is 0 Å². The minimum absolute atomic E-state index is 0.0696. The lowest BCUT2D eigenvalue weighted by molar-refractivity contribution is -0.150. The van der Waals surface area contributed by atoms with Crippen molar-refractivity contribution >= 4 is 28.2 Å². The first kappa shape index (κ1) is 9.53. The fraction of sp³-hybridized carbons (Fsp3) is 0.143. The van der Waals surface area contributed by atoms with E-state index in [1.807, 2.05) is 0 Å². The second-order valence-electron chi connectivity index (χ2n) is 2.08. The maximum Gasteiger partial charge on any atom is 0.396 e. The number of anilines is 1. The van der Waals surface area contributed by atoms with Crippen LogP contribution in [0.3, 0.4) is 0 Å². The van der Waals surface area contributed by atoms with Crippen LogP contribution in [0.1, 0.15) is 0 Å². The third kappa shape index (κ3) is 2.45. The van der Waals surface area contributed by atoms with Crippen LogP contribution in [0.25, 0.3) is 0 Å². The molecule has 0 aliphatic heterocycles. The van der Waals surface area contributed by atoms with Crippen LogP contribution >= 0.6 is 11.3 Å². The second kappa shape index (κ2) is 3.90. The number of esters is 1. The molecule has 0 unspecified atom stereocenters. The lowest BCUT2D eigenvalue weighted by Gasteiger charge is -1.98. The van der Waals surface area contributed by atoms with Crippen molar-refractivity contribution in [1.82, 2.24) is 0 Å². The minimum atomic E-state index is -0.965. The minimum Gasteiger partial charge on any atom is -0.499 e. The molecule has 0 spiro atoms. The van der Waals surface area contributed by atoms with Crippen LogP contribution in [0.5, 0.6) is 5.06 Å². The molecule has 0 saturated heterocycles. The Morgan fingerprint density at radius 2 is 2.23 bits per heavy atom. The van der Waals surface area contributed by atoms with Gasteiger partial charge in [-0.25, -0.2) is 4.79 Å². The number of methoxy groups -OCH3 is 1. The molecule has 0 bridgehead atoms. The molecule has 6 heteroatoms. The molecule has 70 valence electrons. The summed E-state index contributed by atoms with van der Waals surface area (Å²) < 4.78 is 4.18. The summed E-state index contributed by atoms with van der Waals surface area (Å²) in [6.45, 7) is 0. The second-order valence-corrected chi connectivity index (χ2v) is 3.15. The number of rotatable bonds is 1.